The largest absolute Gasteiger partial charge is 0.508 e. The van der Waals surface area contributed by atoms with Crippen molar-refractivity contribution in [3.05, 3.63) is 41.5 Å². The average Bonchev–Trinajstić information content (AvgIpc) is 2.16. The molecule has 0 radical (unpaired) electrons. The Kier molecular flexibility index (Phi) is 3.53. The highest BCUT2D eigenvalue weighted by Crippen LogP contribution is 2.26. The highest BCUT2D eigenvalue weighted by Gasteiger charge is 2.21. The molecule has 0 aromatic heterocycles. The Labute approximate surface area is 90.9 Å². The molecule has 0 aliphatic rings. The van der Waals surface area contributed by atoms with Gasteiger partial charge in [-0.25, -0.2) is 0 Å². The Morgan fingerprint density at radius 3 is 2.27 bits per heavy atom. The van der Waals surface area contributed by atoms with Gasteiger partial charge >= 0.3 is 0 Å². The second-order valence-electron chi connectivity index (χ2n) is 4.31. The second-order valence-corrected chi connectivity index (χ2v) is 4.31. The fourth-order valence-electron chi connectivity index (χ4n) is 1.34. The van der Waals surface area contributed by atoms with E-state index in [1.807, 2.05) is 19.9 Å². The molecule has 1 rings (SSSR count). The standard InChI is InChI=1S/C13H18O2/c1-10(2)8-9-13(3,15)11-4-6-12(14)7-5-11/h4-8,14-15H,9H2,1-3H3. The van der Waals surface area contributed by atoms with Gasteiger partial charge in [-0.05, 0) is 44.9 Å². The van der Waals surface area contributed by atoms with Crippen molar-refractivity contribution in [1.29, 1.82) is 0 Å². The van der Waals surface area contributed by atoms with E-state index < -0.39 is 5.60 Å². The number of aliphatic hydroxyl groups is 1. The van der Waals surface area contributed by atoms with Crippen LogP contribution < -0.4 is 0 Å². The molecule has 2 N–H and O–H groups in total. The summed E-state index contributed by atoms with van der Waals surface area (Å²) < 4.78 is 0. The molecular weight excluding hydrogens is 188 g/mol. The lowest BCUT2D eigenvalue weighted by molar-refractivity contribution is 0.0603. The van der Waals surface area contributed by atoms with Crippen LogP contribution in [-0.4, -0.2) is 10.2 Å². The van der Waals surface area contributed by atoms with Crippen LogP contribution >= 0.6 is 0 Å². The molecular formula is C13H18O2. The van der Waals surface area contributed by atoms with Gasteiger partial charge in [0.15, 0.2) is 0 Å². The van der Waals surface area contributed by atoms with E-state index in [4.69, 9.17) is 5.11 Å². The third kappa shape index (κ3) is 3.40. The minimum Gasteiger partial charge on any atom is -0.508 e. The topological polar surface area (TPSA) is 40.5 Å². The molecule has 0 amide bonds. The zero-order valence-electron chi connectivity index (χ0n) is 9.49. The SMILES string of the molecule is CC(C)=CCC(C)(O)c1ccc(O)cc1. The van der Waals surface area contributed by atoms with E-state index in [1.165, 1.54) is 5.57 Å². The molecule has 0 aliphatic heterocycles. The van der Waals surface area contributed by atoms with Crippen molar-refractivity contribution in [2.24, 2.45) is 0 Å². The molecule has 1 aromatic carbocycles. The zero-order valence-corrected chi connectivity index (χ0v) is 9.49. The van der Waals surface area contributed by atoms with E-state index in [-0.39, 0.29) is 5.75 Å². The maximum atomic E-state index is 10.2. The Morgan fingerprint density at radius 2 is 1.80 bits per heavy atom. The monoisotopic (exact) mass is 206 g/mol. The first-order valence-electron chi connectivity index (χ1n) is 5.07. The number of allylic oxidation sites excluding steroid dienone is 1. The van der Waals surface area contributed by atoms with Gasteiger partial charge in [-0.1, -0.05) is 23.8 Å². The van der Waals surface area contributed by atoms with E-state index in [1.54, 1.807) is 31.2 Å². The van der Waals surface area contributed by atoms with Crippen molar-refractivity contribution in [2.45, 2.75) is 32.8 Å². The lowest BCUT2D eigenvalue weighted by Gasteiger charge is -2.22. The minimum atomic E-state index is -0.870. The van der Waals surface area contributed by atoms with Crippen LogP contribution in [0.4, 0.5) is 0 Å². The Morgan fingerprint density at radius 1 is 1.27 bits per heavy atom. The highest BCUT2D eigenvalue weighted by atomic mass is 16.3. The van der Waals surface area contributed by atoms with Crippen LogP contribution in [0.2, 0.25) is 0 Å². The molecule has 0 bridgehead atoms. The Balaban J connectivity index is 2.85. The van der Waals surface area contributed by atoms with Gasteiger partial charge in [0, 0.05) is 0 Å². The number of phenols is 1. The maximum Gasteiger partial charge on any atom is 0.115 e. The molecule has 1 unspecified atom stereocenters. The number of phenolic OH excluding ortho intramolecular Hbond substituents is 1. The molecule has 2 heteroatoms. The van der Waals surface area contributed by atoms with Gasteiger partial charge in [0.25, 0.3) is 0 Å². The fraction of sp³-hybridized carbons (Fsp3) is 0.385. The van der Waals surface area contributed by atoms with E-state index in [9.17, 15) is 5.11 Å². The minimum absolute atomic E-state index is 0.219. The first-order valence-corrected chi connectivity index (χ1v) is 5.07. The van der Waals surface area contributed by atoms with Gasteiger partial charge < -0.3 is 10.2 Å². The third-order valence-corrected chi connectivity index (χ3v) is 2.40. The molecule has 15 heavy (non-hydrogen) atoms. The normalized spacial score (nSPS) is 14.4. The van der Waals surface area contributed by atoms with Gasteiger partial charge in [0.2, 0.25) is 0 Å². The molecule has 82 valence electrons. The van der Waals surface area contributed by atoms with E-state index in [2.05, 4.69) is 0 Å². The van der Waals surface area contributed by atoms with Gasteiger partial charge in [-0.2, -0.15) is 0 Å². The summed E-state index contributed by atoms with van der Waals surface area (Å²) in [5, 5.41) is 19.3. The predicted molar refractivity (Wildman–Crippen MR) is 61.7 cm³/mol. The summed E-state index contributed by atoms with van der Waals surface area (Å²) in [6, 6.07) is 6.67. The van der Waals surface area contributed by atoms with Crippen LogP contribution in [-0.2, 0) is 5.60 Å². The van der Waals surface area contributed by atoms with Gasteiger partial charge in [-0.15, -0.1) is 0 Å². The van der Waals surface area contributed by atoms with Crippen LogP contribution in [0.5, 0.6) is 5.75 Å². The number of aromatic hydroxyl groups is 1. The molecule has 2 nitrogen and oxygen atoms in total. The van der Waals surface area contributed by atoms with E-state index in [0.29, 0.717) is 6.42 Å². The summed E-state index contributed by atoms with van der Waals surface area (Å²) in [7, 11) is 0. The molecule has 0 saturated carbocycles. The Bertz CT molecular complexity index is 343. The summed E-state index contributed by atoms with van der Waals surface area (Å²) >= 11 is 0. The van der Waals surface area contributed by atoms with Crippen molar-refractivity contribution in [2.75, 3.05) is 0 Å². The molecule has 0 spiro atoms. The maximum absolute atomic E-state index is 10.2. The van der Waals surface area contributed by atoms with Crippen LogP contribution in [0.25, 0.3) is 0 Å². The van der Waals surface area contributed by atoms with Crippen molar-refractivity contribution in [1.82, 2.24) is 0 Å². The van der Waals surface area contributed by atoms with Crippen LogP contribution in [0.1, 0.15) is 32.8 Å². The molecule has 1 atom stereocenters. The van der Waals surface area contributed by atoms with Crippen molar-refractivity contribution in [3.8, 4) is 5.75 Å². The number of rotatable bonds is 3. The van der Waals surface area contributed by atoms with Gasteiger partial charge in [0.1, 0.15) is 5.75 Å². The summed E-state index contributed by atoms with van der Waals surface area (Å²) in [5.41, 5.74) is 1.14. The molecule has 0 heterocycles. The molecule has 0 aliphatic carbocycles. The van der Waals surface area contributed by atoms with Crippen molar-refractivity contribution in [3.63, 3.8) is 0 Å². The lowest BCUT2D eigenvalue weighted by atomic mass is 9.92. The predicted octanol–water partition coefficient (Wildman–Crippen LogP) is 2.96. The van der Waals surface area contributed by atoms with E-state index >= 15 is 0 Å². The Hall–Kier alpha value is -1.28. The van der Waals surface area contributed by atoms with Crippen LogP contribution in [0.3, 0.4) is 0 Å². The fourth-order valence-corrected chi connectivity index (χ4v) is 1.34. The summed E-state index contributed by atoms with van der Waals surface area (Å²) in [6.07, 6.45) is 2.59. The number of hydrogen-bond acceptors (Lipinski definition) is 2. The summed E-state index contributed by atoms with van der Waals surface area (Å²) in [4.78, 5) is 0. The van der Waals surface area contributed by atoms with Crippen molar-refractivity contribution >= 4 is 0 Å². The van der Waals surface area contributed by atoms with E-state index in [0.717, 1.165) is 5.56 Å². The molecule has 1 aromatic rings. The number of benzene rings is 1. The lowest BCUT2D eigenvalue weighted by Crippen LogP contribution is -2.19. The van der Waals surface area contributed by atoms with Crippen molar-refractivity contribution < 1.29 is 10.2 Å². The van der Waals surface area contributed by atoms with Crippen LogP contribution in [0.15, 0.2) is 35.9 Å². The first-order chi connectivity index (χ1) is 6.92. The van der Waals surface area contributed by atoms with Gasteiger partial charge in [-0.3, -0.25) is 0 Å². The summed E-state index contributed by atoms with van der Waals surface area (Å²) in [6.45, 7) is 5.79. The summed E-state index contributed by atoms with van der Waals surface area (Å²) in [5.74, 6) is 0.219. The molecule has 0 saturated heterocycles. The number of hydrogen-bond donors (Lipinski definition) is 2. The highest BCUT2D eigenvalue weighted by molar-refractivity contribution is 5.30. The molecule has 0 fully saturated rings. The quantitative estimate of drug-likeness (QED) is 0.746. The smallest absolute Gasteiger partial charge is 0.115 e. The second kappa shape index (κ2) is 4.49. The van der Waals surface area contributed by atoms with Crippen LogP contribution in [0, 0.1) is 0 Å². The first kappa shape index (κ1) is 11.8. The average molecular weight is 206 g/mol. The van der Waals surface area contributed by atoms with Gasteiger partial charge in [0.05, 0.1) is 5.60 Å². The zero-order chi connectivity index (χ0) is 11.5. The third-order valence-electron chi connectivity index (χ3n) is 2.40.